The maximum Gasteiger partial charge on any atom is 0.118 e. The normalized spacial score (nSPS) is 34.4. The van der Waals surface area contributed by atoms with Crippen molar-refractivity contribution in [2.45, 2.75) is 50.7 Å². The Morgan fingerprint density at radius 3 is 2.44 bits per heavy atom. The topological polar surface area (TPSA) is 19.6 Å². The lowest BCUT2D eigenvalue weighted by atomic mass is 9.75. The number of benzene rings is 1. The molecular weight excluding hydrogens is 308 g/mol. The molecule has 3 nitrogen and oxygen atoms in total. The molecule has 25 heavy (non-hydrogen) atoms. The van der Waals surface area contributed by atoms with Gasteiger partial charge in [-0.3, -0.25) is 9.80 Å². The molecule has 4 saturated heterocycles. The second-order valence-corrected chi connectivity index (χ2v) is 8.02. The highest BCUT2D eigenvalue weighted by atomic mass is 16.3. The van der Waals surface area contributed by atoms with Crippen LogP contribution in [0.15, 0.2) is 46.9 Å². The van der Waals surface area contributed by atoms with Crippen LogP contribution in [0.2, 0.25) is 0 Å². The van der Waals surface area contributed by atoms with E-state index in [-0.39, 0.29) is 0 Å². The van der Waals surface area contributed by atoms with Crippen LogP contribution in [0, 0.1) is 5.92 Å². The number of hydrogen-bond acceptors (Lipinski definition) is 3. The summed E-state index contributed by atoms with van der Waals surface area (Å²) in [6.45, 7) is 6.88. The number of furan rings is 1. The summed E-state index contributed by atoms with van der Waals surface area (Å²) in [6, 6.07) is 16.9. The number of aryl methyl sites for hydroxylation is 1. The van der Waals surface area contributed by atoms with Crippen LogP contribution in [-0.4, -0.2) is 41.5 Å². The Bertz CT molecular complexity index is 717. The van der Waals surface area contributed by atoms with Crippen LogP contribution >= 0.6 is 0 Å². The molecule has 0 N–H and O–H groups in total. The first-order valence-electron chi connectivity index (χ1n) is 9.94. The Morgan fingerprint density at radius 2 is 1.72 bits per heavy atom. The van der Waals surface area contributed by atoms with Gasteiger partial charge in [0.15, 0.2) is 0 Å². The van der Waals surface area contributed by atoms with E-state index >= 15 is 0 Å². The van der Waals surface area contributed by atoms with E-state index < -0.39 is 0 Å². The van der Waals surface area contributed by atoms with Crippen molar-refractivity contribution in [3.63, 3.8) is 0 Å². The highest BCUT2D eigenvalue weighted by molar-refractivity contribution is 5.27. The van der Waals surface area contributed by atoms with E-state index in [1.165, 1.54) is 31.5 Å². The lowest BCUT2D eigenvalue weighted by molar-refractivity contribution is -0.0102. The second kappa shape index (κ2) is 6.30. The Labute approximate surface area is 150 Å². The van der Waals surface area contributed by atoms with E-state index in [4.69, 9.17) is 4.42 Å². The number of nitrogens with zero attached hydrogens (tertiary/aromatic N) is 2. The van der Waals surface area contributed by atoms with Crippen molar-refractivity contribution < 1.29 is 4.42 Å². The Hall–Kier alpha value is -1.58. The number of piperidine rings is 3. The molecule has 3 atom stereocenters. The first-order chi connectivity index (χ1) is 12.3. The molecule has 6 rings (SSSR count). The van der Waals surface area contributed by atoms with Crippen molar-refractivity contribution in [1.29, 1.82) is 0 Å². The molecule has 1 aromatic heterocycles. The van der Waals surface area contributed by atoms with Crippen LogP contribution in [0.25, 0.3) is 0 Å². The van der Waals surface area contributed by atoms with Crippen LogP contribution in [0.3, 0.4) is 0 Å². The Morgan fingerprint density at radius 1 is 0.960 bits per heavy atom. The molecule has 2 aromatic rings. The zero-order valence-electron chi connectivity index (χ0n) is 15.1. The quantitative estimate of drug-likeness (QED) is 0.844. The highest BCUT2D eigenvalue weighted by Crippen LogP contribution is 2.46. The third-order valence-electron chi connectivity index (χ3n) is 6.75. The van der Waals surface area contributed by atoms with Crippen molar-refractivity contribution in [3.8, 4) is 0 Å². The number of hydrogen-bond donors (Lipinski definition) is 0. The van der Waals surface area contributed by atoms with Gasteiger partial charge >= 0.3 is 0 Å². The lowest BCUT2D eigenvalue weighted by Crippen LogP contribution is -2.59. The first kappa shape index (κ1) is 15.7. The number of likely N-dealkylation sites (tertiary alicyclic amines) is 1. The van der Waals surface area contributed by atoms with E-state index in [2.05, 4.69) is 59.2 Å². The standard InChI is InChI=1S/C22H28N2O/c1-2-18-8-9-19(25-18)14-24-15-20(16-6-4-3-5-7-16)22-21(24)17-10-12-23(22)13-11-17/h3-9,17,20-22H,2,10-15H2,1H3/t20-,21-,22-/m1/s1. The molecule has 3 heteroatoms. The summed E-state index contributed by atoms with van der Waals surface area (Å²) >= 11 is 0. The largest absolute Gasteiger partial charge is 0.465 e. The van der Waals surface area contributed by atoms with E-state index in [9.17, 15) is 0 Å². The SMILES string of the molecule is CCc1ccc(CN2C[C@H](c3ccccc3)[C@@H]3[C@H]2C2CCN3CC2)o1. The van der Waals surface area contributed by atoms with Crippen LogP contribution < -0.4 is 0 Å². The fraction of sp³-hybridized carbons (Fsp3) is 0.545. The average molecular weight is 336 g/mol. The molecule has 2 bridgehead atoms. The summed E-state index contributed by atoms with van der Waals surface area (Å²) in [5.41, 5.74) is 1.52. The van der Waals surface area contributed by atoms with Crippen molar-refractivity contribution >= 4 is 0 Å². The third kappa shape index (κ3) is 2.65. The molecule has 0 saturated carbocycles. The van der Waals surface area contributed by atoms with E-state index in [1.807, 2.05) is 0 Å². The molecule has 0 amide bonds. The maximum absolute atomic E-state index is 6.04. The molecule has 0 aliphatic carbocycles. The van der Waals surface area contributed by atoms with E-state index in [0.717, 1.165) is 36.9 Å². The monoisotopic (exact) mass is 336 g/mol. The zero-order valence-corrected chi connectivity index (χ0v) is 15.1. The van der Waals surface area contributed by atoms with Gasteiger partial charge in [-0.15, -0.1) is 0 Å². The molecule has 5 heterocycles. The predicted octanol–water partition coefficient (Wildman–Crippen LogP) is 3.90. The van der Waals surface area contributed by atoms with Gasteiger partial charge < -0.3 is 4.42 Å². The molecule has 0 unspecified atom stereocenters. The predicted molar refractivity (Wildman–Crippen MR) is 99.6 cm³/mol. The average Bonchev–Trinajstić information content (AvgIpc) is 3.30. The van der Waals surface area contributed by atoms with Gasteiger partial charge in [-0.1, -0.05) is 37.3 Å². The summed E-state index contributed by atoms with van der Waals surface area (Å²) < 4.78 is 6.04. The molecule has 0 radical (unpaired) electrons. The minimum Gasteiger partial charge on any atom is -0.465 e. The Kier molecular flexibility index (Phi) is 3.94. The van der Waals surface area contributed by atoms with Crippen LogP contribution in [0.4, 0.5) is 0 Å². The molecule has 132 valence electrons. The third-order valence-corrected chi connectivity index (χ3v) is 6.75. The minimum atomic E-state index is 0.634. The Balaban J connectivity index is 1.45. The molecule has 0 spiro atoms. The summed E-state index contributed by atoms with van der Waals surface area (Å²) in [4.78, 5) is 5.51. The van der Waals surface area contributed by atoms with Gasteiger partial charge in [-0.2, -0.15) is 0 Å². The highest BCUT2D eigenvalue weighted by Gasteiger charge is 2.53. The van der Waals surface area contributed by atoms with Crippen LogP contribution in [0.5, 0.6) is 0 Å². The van der Waals surface area contributed by atoms with Crippen molar-refractivity contribution in [1.82, 2.24) is 9.80 Å². The van der Waals surface area contributed by atoms with Crippen LogP contribution in [0.1, 0.15) is 42.8 Å². The molecular formula is C22H28N2O. The summed E-state index contributed by atoms with van der Waals surface area (Å²) in [7, 11) is 0. The smallest absolute Gasteiger partial charge is 0.118 e. The molecule has 1 aromatic carbocycles. The van der Waals surface area contributed by atoms with Crippen molar-refractivity contribution in [2.75, 3.05) is 19.6 Å². The molecule has 4 aliphatic heterocycles. The van der Waals surface area contributed by atoms with Gasteiger partial charge in [-0.05, 0) is 49.5 Å². The van der Waals surface area contributed by atoms with Gasteiger partial charge in [0, 0.05) is 31.0 Å². The van der Waals surface area contributed by atoms with E-state index in [0.29, 0.717) is 18.0 Å². The number of rotatable bonds is 4. The van der Waals surface area contributed by atoms with Gasteiger partial charge in [0.1, 0.15) is 11.5 Å². The van der Waals surface area contributed by atoms with Crippen molar-refractivity contribution in [2.24, 2.45) is 5.92 Å². The summed E-state index contributed by atoms with van der Waals surface area (Å²) in [5, 5.41) is 0. The maximum atomic E-state index is 6.04. The van der Waals surface area contributed by atoms with Gasteiger partial charge in [0.25, 0.3) is 0 Å². The van der Waals surface area contributed by atoms with Crippen LogP contribution in [-0.2, 0) is 13.0 Å². The fourth-order valence-electron chi connectivity index (χ4n) is 5.61. The lowest BCUT2D eigenvalue weighted by Gasteiger charge is -2.51. The minimum absolute atomic E-state index is 0.634. The molecule has 4 aliphatic rings. The summed E-state index contributed by atoms with van der Waals surface area (Å²) in [6.07, 6.45) is 3.73. The van der Waals surface area contributed by atoms with E-state index in [1.54, 1.807) is 0 Å². The van der Waals surface area contributed by atoms with Gasteiger partial charge in [0.05, 0.1) is 6.54 Å². The molecule has 4 fully saturated rings. The second-order valence-electron chi connectivity index (χ2n) is 8.02. The van der Waals surface area contributed by atoms with Crippen molar-refractivity contribution in [3.05, 3.63) is 59.5 Å². The first-order valence-corrected chi connectivity index (χ1v) is 9.94. The number of fused-ring (bicyclic) bond motifs is 2. The zero-order chi connectivity index (χ0) is 16.8. The summed E-state index contributed by atoms with van der Waals surface area (Å²) in [5.74, 6) is 3.75. The fourth-order valence-corrected chi connectivity index (χ4v) is 5.61. The van der Waals surface area contributed by atoms with Gasteiger partial charge in [-0.25, -0.2) is 0 Å². The van der Waals surface area contributed by atoms with Gasteiger partial charge in [0.2, 0.25) is 0 Å².